The molecule has 0 N–H and O–H groups in total. The van der Waals surface area contributed by atoms with Crippen LogP contribution in [0.3, 0.4) is 0 Å². The van der Waals surface area contributed by atoms with Crippen molar-refractivity contribution in [1.29, 1.82) is 5.26 Å². The number of hydrogen-bond donors (Lipinski definition) is 0. The van der Waals surface area contributed by atoms with E-state index in [2.05, 4.69) is 11.1 Å². The summed E-state index contributed by atoms with van der Waals surface area (Å²) in [6.45, 7) is 4.60. The minimum atomic E-state index is -0.579. The molecule has 3 aromatic carbocycles. The molecule has 5 aromatic rings. The Kier molecular flexibility index (Phi) is 8.16. The molecule has 0 aliphatic heterocycles. The summed E-state index contributed by atoms with van der Waals surface area (Å²) in [6, 6.07) is 26.7. The first-order chi connectivity index (χ1) is 20.0. The topological polar surface area (TPSA) is 101 Å². The summed E-state index contributed by atoms with van der Waals surface area (Å²) in [7, 11) is 0. The van der Waals surface area contributed by atoms with E-state index in [0.29, 0.717) is 40.3 Å². The molecule has 1 amide bonds. The molecule has 0 saturated carbocycles. The number of rotatable bonds is 9. The second kappa shape index (κ2) is 12.3. The molecule has 0 bridgehead atoms. The van der Waals surface area contributed by atoms with Crippen LogP contribution in [0.2, 0.25) is 0 Å². The van der Waals surface area contributed by atoms with Crippen molar-refractivity contribution in [1.82, 2.24) is 19.4 Å². The van der Waals surface area contributed by atoms with Gasteiger partial charge in [0.2, 0.25) is 5.91 Å². The molecule has 5 rings (SSSR count). The molecule has 0 unspecified atom stereocenters. The van der Waals surface area contributed by atoms with E-state index in [1.165, 1.54) is 0 Å². The lowest BCUT2D eigenvalue weighted by molar-refractivity contribution is -0.133. The van der Waals surface area contributed by atoms with Crippen LogP contribution in [0.1, 0.15) is 42.4 Å². The van der Waals surface area contributed by atoms with Crippen molar-refractivity contribution in [2.75, 3.05) is 6.61 Å². The number of nitriles is 1. The van der Waals surface area contributed by atoms with Gasteiger partial charge in [0.25, 0.3) is 5.56 Å². The summed E-state index contributed by atoms with van der Waals surface area (Å²) >= 11 is 0. The Bertz CT molecular complexity index is 1760. The molecule has 1 atom stereocenters. The Hall–Kier alpha value is -5.29. The third-order valence-corrected chi connectivity index (χ3v) is 6.88. The van der Waals surface area contributed by atoms with Gasteiger partial charge in [-0.3, -0.25) is 19.1 Å². The highest BCUT2D eigenvalue weighted by Crippen LogP contribution is 2.26. The number of pyridine rings is 1. The molecule has 8 nitrogen and oxygen atoms in total. The second-order valence-corrected chi connectivity index (χ2v) is 9.60. The highest BCUT2D eigenvalue weighted by atomic mass is 16.5. The van der Waals surface area contributed by atoms with E-state index >= 15 is 0 Å². The lowest BCUT2D eigenvalue weighted by atomic mass is 10.1. The molecular formula is C33H29N5O3. The van der Waals surface area contributed by atoms with Gasteiger partial charge in [-0.05, 0) is 79.6 Å². The van der Waals surface area contributed by atoms with Gasteiger partial charge in [-0.25, -0.2) is 4.98 Å². The van der Waals surface area contributed by atoms with Crippen LogP contribution in [0.5, 0.6) is 5.75 Å². The summed E-state index contributed by atoms with van der Waals surface area (Å²) < 4.78 is 7.18. The Morgan fingerprint density at radius 2 is 1.76 bits per heavy atom. The molecule has 0 saturated heterocycles. The van der Waals surface area contributed by atoms with E-state index in [-0.39, 0.29) is 24.4 Å². The minimum absolute atomic E-state index is 0.122. The number of nitrogens with zero attached hydrogens (tertiary/aromatic N) is 5. The molecule has 0 radical (unpaired) electrons. The molecule has 2 heterocycles. The first-order valence-electron chi connectivity index (χ1n) is 13.4. The third kappa shape index (κ3) is 5.99. The standard InChI is InChI=1S/C33H29N5O3/c1-3-41-28-16-14-27(15-17-28)38-32(36-30-9-5-4-8-29(30)33(38)40)23(2)37(22-26-7-6-18-35-21-26)31(39)19-24-10-12-25(20-34)13-11-24/h4-18,21,23H,3,19,22H2,1-2H3/t23-/m1/s1. The van der Waals surface area contributed by atoms with E-state index < -0.39 is 6.04 Å². The van der Waals surface area contributed by atoms with Crippen LogP contribution in [0.25, 0.3) is 16.6 Å². The van der Waals surface area contributed by atoms with Crippen LogP contribution in [0, 0.1) is 11.3 Å². The highest BCUT2D eigenvalue weighted by Gasteiger charge is 2.27. The predicted octanol–water partition coefficient (Wildman–Crippen LogP) is 5.38. The summed E-state index contributed by atoms with van der Waals surface area (Å²) in [5.41, 5.74) is 3.13. The van der Waals surface area contributed by atoms with Crippen molar-refractivity contribution >= 4 is 16.8 Å². The number of carbonyl (C=O) groups excluding carboxylic acids is 1. The highest BCUT2D eigenvalue weighted by molar-refractivity contribution is 5.80. The van der Waals surface area contributed by atoms with Gasteiger partial charge in [0, 0.05) is 18.9 Å². The van der Waals surface area contributed by atoms with Gasteiger partial charge in [-0.15, -0.1) is 0 Å². The lowest BCUT2D eigenvalue weighted by Gasteiger charge is -2.31. The van der Waals surface area contributed by atoms with Crippen LogP contribution < -0.4 is 10.3 Å². The summed E-state index contributed by atoms with van der Waals surface area (Å²) in [5.74, 6) is 0.991. The first kappa shape index (κ1) is 27.3. The Morgan fingerprint density at radius 3 is 2.44 bits per heavy atom. The van der Waals surface area contributed by atoms with Gasteiger partial charge >= 0.3 is 0 Å². The van der Waals surface area contributed by atoms with E-state index in [9.17, 15) is 9.59 Å². The molecular weight excluding hydrogens is 514 g/mol. The van der Waals surface area contributed by atoms with Crippen molar-refractivity contribution in [2.24, 2.45) is 0 Å². The van der Waals surface area contributed by atoms with E-state index in [1.807, 2.05) is 62.4 Å². The molecule has 0 aliphatic rings. The number of fused-ring (bicyclic) bond motifs is 1. The van der Waals surface area contributed by atoms with Crippen LogP contribution in [0.15, 0.2) is 102 Å². The average molecular weight is 544 g/mol. The van der Waals surface area contributed by atoms with Gasteiger partial charge in [0.1, 0.15) is 11.6 Å². The summed E-state index contributed by atoms with van der Waals surface area (Å²) in [6.07, 6.45) is 3.53. The van der Waals surface area contributed by atoms with Gasteiger partial charge in [-0.1, -0.05) is 30.3 Å². The smallest absolute Gasteiger partial charge is 0.266 e. The third-order valence-electron chi connectivity index (χ3n) is 6.88. The average Bonchev–Trinajstić information content (AvgIpc) is 3.01. The number of ether oxygens (including phenoxy) is 1. The van der Waals surface area contributed by atoms with Crippen LogP contribution in [-0.4, -0.2) is 31.9 Å². The molecule has 41 heavy (non-hydrogen) atoms. The molecule has 0 spiro atoms. The number of para-hydroxylation sites is 1. The molecule has 2 aromatic heterocycles. The zero-order valence-electron chi connectivity index (χ0n) is 22.9. The molecule has 8 heteroatoms. The Morgan fingerprint density at radius 1 is 1.00 bits per heavy atom. The summed E-state index contributed by atoms with van der Waals surface area (Å²) in [5, 5.41) is 9.63. The van der Waals surface area contributed by atoms with Crippen LogP contribution >= 0.6 is 0 Å². The van der Waals surface area contributed by atoms with Crippen molar-refractivity contribution in [3.05, 3.63) is 130 Å². The largest absolute Gasteiger partial charge is 0.494 e. The zero-order valence-corrected chi connectivity index (χ0v) is 22.9. The second-order valence-electron chi connectivity index (χ2n) is 9.60. The van der Waals surface area contributed by atoms with Crippen LogP contribution in [0.4, 0.5) is 0 Å². The zero-order chi connectivity index (χ0) is 28.8. The number of aromatic nitrogens is 3. The Labute approximate surface area is 238 Å². The Balaban J connectivity index is 1.61. The van der Waals surface area contributed by atoms with Gasteiger partial charge in [0.15, 0.2) is 0 Å². The van der Waals surface area contributed by atoms with Crippen molar-refractivity contribution in [3.8, 4) is 17.5 Å². The fourth-order valence-corrected chi connectivity index (χ4v) is 4.78. The van der Waals surface area contributed by atoms with E-state index in [4.69, 9.17) is 15.0 Å². The molecule has 0 aliphatic carbocycles. The van der Waals surface area contributed by atoms with Gasteiger partial charge < -0.3 is 9.64 Å². The first-order valence-corrected chi connectivity index (χ1v) is 13.4. The van der Waals surface area contributed by atoms with Crippen molar-refractivity contribution < 1.29 is 9.53 Å². The van der Waals surface area contributed by atoms with E-state index in [0.717, 1.165) is 11.1 Å². The van der Waals surface area contributed by atoms with Crippen molar-refractivity contribution in [2.45, 2.75) is 32.9 Å². The number of hydrogen-bond acceptors (Lipinski definition) is 6. The lowest BCUT2D eigenvalue weighted by Crippen LogP contribution is -2.38. The maximum atomic E-state index is 13.9. The quantitative estimate of drug-likeness (QED) is 0.247. The molecule has 0 fully saturated rings. The number of amides is 1. The number of carbonyl (C=O) groups is 1. The fourth-order valence-electron chi connectivity index (χ4n) is 4.78. The monoisotopic (exact) mass is 543 g/mol. The maximum absolute atomic E-state index is 13.9. The van der Waals surface area contributed by atoms with Gasteiger partial charge in [-0.2, -0.15) is 5.26 Å². The molecule has 204 valence electrons. The number of benzene rings is 3. The van der Waals surface area contributed by atoms with Gasteiger partial charge in [0.05, 0.1) is 47.3 Å². The van der Waals surface area contributed by atoms with Crippen molar-refractivity contribution in [3.63, 3.8) is 0 Å². The fraction of sp³-hybridized carbons (Fsp3) is 0.182. The predicted molar refractivity (Wildman–Crippen MR) is 157 cm³/mol. The normalized spacial score (nSPS) is 11.5. The SMILES string of the molecule is CCOc1ccc(-n2c([C@@H](C)N(Cc3cccnc3)C(=O)Cc3ccc(C#N)cc3)nc3ccccc3c2=O)cc1. The summed E-state index contributed by atoms with van der Waals surface area (Å²) in [4.78, 5) is 38.7. The van der Waals surface area contributed by atoms with Crippen LogP contribution in [-0.2, 0) is 17.8 Å². The minimum Gasteiger partial charge on any atom is -0.494 e. The maximum Gasteiger partial charge on any atom is 0.266 e. The van der Waals surface area contributed by atoms with E-state index in [1.54, 1.807) is 58.3 Å².